The molecular formula is C16H14ClN. The molecule has 0 aliphatic heterocycles. The van der Waals surface area contributed by atoms with Gasteiger partial charge in [0.1, 0.15) is 0 Å². The largest absolute Gasteiger partial charge is 0.354 e. The lowest BCUT2D eigenvalue weighted by molar-refractivity contribution is 1.39. The van der Waals surface area contributed by atoms with E-state index in [1.54, 1.807) is 0 Å². The van der Waals surface area contributed by atoms with Crippen LogP contribution in [-0.2, 0) is 0 Å². The normalized spacial score (nSPS) is 11.1. The van der Waals surface area contributed by atoms with Crippen molar-refractivity contribution in [3.63, 3.8) is 0 Å². The molecule has 0 amide bonds. The Morgan fingerprint density at radius 1 is 0.944 bits per heavy atom. The van der Waals surface area contributed by atoms with Crippen molar-refractivity contribution < 1.29 is 0 Å². The van der Waals surface area contributed by atoms with Crippen molar-refractivity contribution in [2.75, 3.05) is 0 Å². The van der Waals surface area contributed by atoms with Gasteiger partial charge in [-0.2, -0.15) is 0 Å². The minimum absolute atomic E-state index is 0.764. The van der Waals surface area contributed by atoms with E-state index < -0.39 is 0 Å². The van der Waals surface area contributed by atoms with Gasteiger partial charge in [0.25, 0.3) is 0 Å². The number of hydrogen-bond acceptors (Lipinski definition) is 0. The van der Waals surface area contributed by atoms with E-state index in [1.165, 1.54) is 22.0 Å². The standard InChI is InChI=1S/C16H14ClN/c1-10-6-7-11(2)16-14(10)9-15(18-16)12-4-3-5-13(17)8-12/h3-9,18H,1-2H3. The molecule has 0 radical (unpaired) electrons. The summed E-state index contributed by atoms with van der Waals surface area (Å²) in [5.41, 5.74) is 6.01. The molecule has 0 unspecified atom stereocenters. The first-order valence-electron chi connectivity index (χ1n) is 6.00. The number of H-pyrrole nitrogens is 1. The maximum absolute atomic E-state index is 6.04. The molecule has 3 rings (SSSR count). The Hall–Kier alpha value is -1.73. The van der Waals surface area contributed by atoms with Crippen molar-refractivity contribution in [2.45, 2.75) is 13.8 Å². The molecule has 0 spiro atoms. The van der Waals surface area contributed by atoms with E-state index in [2.05, 4.69) is 43.1 Å². The van der Waals surface area contributed by atoms with E-state index >= 15 is 0 Å². The highest BCUT2D eigenvalue weighted by molar-refractivity contribution is 6.30. The van der Waals surface area contributed by atoms with Gasteiger partial charge in [-0.05, 0) is 48.7 Å². The van der Waals surface area contributed by atoms with Gasteiger partial charge in [0.05, 0.1) is 0 Å². The highest BCUT2D eigenvalue weighted by atomic mass is 35.5. The van der Waals surface area contributed by atoms with E-state index in [9.17, 15) is 0 Å². The summed E-state index contributed by atoms with van der Waals surface area (Å²) in [6.07, 6.45) is 0. The molecule has 18 heavy (non-hydrogen) atoms. The average Bonchev–Trinajstić information content (AvgIpc) is 2.80. The lowest BCUT2D eigenvalue weighted by Crippen LogP contribution is -1.79. The zero-order chi connectivity index (χ0) is 12.7. The maximum Gasteiger partial charge on any atom is 0.0491 e. The number of nitrogens with one attached hydrogen (secondary N) is 1. The molecule has 1 aromatic heterocycles. The van der Waals surface area contributed by atoms with Crippen molar-refractivity contribution >= 4 is 22.5 Å². The van der Waals surface area contributed by atoms with Gasteiger partial charge in [0.2, 0.25) is 0 Å². The third-order valence-electron chi connectivity index (χ3n) is 3.36. The summed E-state index contributed by atoms with van der Waals surface area (Å²) in [4.78, 5) is 3.49. The Morgan fingerprint density at radius 2 is 1.72 bits per heavy atom. The minimum atomic E-state index is 0.764. The highest BCUT2D eigenvalue weighted by Crippen LogP contribution is 2.29. The van der Waals surface area contributed by atoms with Crippen LogP contribution in [0.15, 0.2) is 42.5 Å². The van der Waals surface area contributed by atoms with Crippen LogP contribution in [0.3, 0.4) is 0 Å². The topological polar surface area (TPSA) is 15.8 Å². The second kappa shape index (κ2) is 4.18. The molecule has 0 aliphatic carbocycles. The Bertz CT molecular complexity index is 686. The van der Waals surface area contributed by atoms with E-state index in [1.807, 2.05) is 18.2 Å². The van der Waals surface area contributed by atoms with Gasteiger partial charge in [0, 0.05) is 21.6 Å². The Labute approximate surface area is 111 Å². The van der Waals surface area contributed by atoms with Crippen LogP contribution in [0.25, 0.3) is 22.2 Å². The second-order valence-electron chi connectivity index (χ2n) is 4.68. The molecular weight excluding hydrogens is 242 g/mol. The van der Waals surface area contributed by atoms with Gasteiger partial charge in [-0.3, -0.25) is 0 Å². The summed E-state index contributed by atoms with van der Waals surface area (Å²) in [5.74, 6) is 0. The van der Waals surface area contributed by atoms with Gasteiger partial charge in [-0.25, -0.2) is 0 Å². The van der Waals surface area contributed by atoms with E-state index in [0.29, 0.717) is 0 Å². The van der Waals surface area contributed by atoms with Gasteiger partial charge < -0.3 is 4.98 Å². The van der Waals surface area contributed by atoms with Crippen molar-refractivity contribution in [3.05, 3.63) is 58.6 Å². The summed E-state index contributed by atoms with van der Waals surface area (Å²) in [6, 6.07) is 14.4. The Kier molecular flexibility index (Phi) is 2.64. The summed E-state index contributed by atoms with van der Waals surface area (Å²) in [5, 5.41) is 2.05. The first-order valence-corrected chi connectivity index (χ1v) is 6.38. The predicted molar refractivity (Wildman–Crippen MR) is 78.2 cm³/mol. The molecule has 90 valence electrons. The van der Waals surface area contributed by atoms with Gasteiger partial charge in [-0.1, -0.05) is 35.9 Å². The first-order chi connectivity index (χ1) is 8.65. The lowest BCUT2D eigenvalue weighted by atomic mass is 10.1. The summed E-state index contributed by atoms with van der Waals surface area (Å²) in [6.45, 7) is 4.26. The Balaban J connectivity index is 2.26. The fourth-order valence-electron chi connectivity index (χ4n) is 2.31. The SMILES string of the molecule is Cc1ccc(C)c2[nH]c(-c3cccc(Cl)c3)cc12. The Morgan fingerprint density at radius 3 is 2.44 bits per heavy atom. The number of benzene rings is 2. The average molecular weight is 256 g/mol. The molecule has 1 nitrogen and oxygen atoms in total. The van der Waals surface area contributed by atoms with Gasteiger partial charge >= 0.3 is 0 Å². The number of aromatic amines is 1. The number of rotatable bonds is 1. The molecule has 1 heterocycles. The van der Waals surface area contributed by atoms with Crippen molar-refractivity contribution in [1.82, 2.24) is 4.98 Å². The first kappa shape index (κ1) is 11.4. The fourth-order valence-corrected chi connectivity index (χ4v) is 2.50. The number of halogens is 1. The smallest absolute Gasteiger partial charge is 0.0491 e. The summed E-state index contributed by atoms with van der Waals surface area (Å²) >= 11 is 6.04. The van der Waals surface area contributed by atoms with Crippen LogP contribution in [0.4, 0.5) is 0 Å². The second-order valence-corrected chi connectivity index (χ2v) is 5.12. The molecule has 2 heteroatoms. The summed E-state index contributed by atoms with van der Waals surface area (Å²) in [7, 11) is 0. The van der Waals surface area contributed by atoms with Crippen LogP contribution in [0.2, 0.25) is 5.02 Å². The van der Waals surface area contributed by atoms with Crippen LogP contribution in [-0.4, -0.2) is 4.98 Å². The maximum atomic E-state index is 6.04. The lowest BCUT2D eigenvalue weighted by Gasteiger charge is -1.99. The minimum Gasteiger partial charge on any atom is -0.354 e. The zero-order valence-corrected chi connectivity index (χ0v) is 11.2. The highest BCUT2D eigenvalue weighted by Gasteiger charge is 2.07. The molecule has 0 saturated carbocycles. The monoisotopic (exact) mass is 255 g/mol. The molecule has 1 N–H and O–H groups in total. The molecule has 0 saturated heterocycles. The third-order valence-corrected chi connectivity index (χ3v) is 3.59. The molecule has 0 atom stereocenters. The molecule has 3 aromatic rings. The molecule has 0 aliphatic rings. The molecule has 0 fully saturated rings. The molecule has 2 aromatic carbocycles. The van der Waals surface area contributed by atoms with Crippen molar-refractivity contribution in [3.8, 4) is 11.3 Å². The third kappa shape index (κ3) is 1.81. The molecule has 0 bridgehead atoms. The number of fused-ring (bicyclic) bond motifs is 1. The number of aromatic nitrogens is 1. The number of aryl methyl sites for hydroxylation is 2. The van der Waals surface area contributed by atoms with E-state index in [0.717, 1.165) is 16.3 Å². The predicted octanol–water partition coefficient (Wildman–Crippen LogP) is 5.11. The van der Waals surface area contributed by atoms with E-state index in [4.69, 9.17) is 11.6 Å². The van der Waals surface area contributed by atoms with Gasteiger partial charge in [0.15, 0.2) is 0 Å². The van der Waals surface area contributed by atoms with Crippen LogP contribution in [0.1, 0.15) is 11.1 Å². The van der Waals surface area contributed by atoms with Crippen LogP contribution in [0, 0.1) is 13.8 Å². The van der Waals surface area contributed by atoms with Crippen molar-refractivity contribution in [1.29, 1.82) is 0 Å². The number of hydrogen-bond donors (Lipinski definition) is 1. The van der Waals surface area contributed by atoms with Gasteiger partial charge in [-0.15, -0.1) is 0 Å². The van der Waals surface area contributed by atoms with Crippen molar-refractivity contribution in [2.24, 2.45) is 0 Å². The summed E-state index contributed by atoms with van der Waals surface area (Å²) < 4.78 is 0. The van der Waals surface area contributed by atoms with Crippen LogP contribution in [0.5, 0.6) is 0 Å². The van der Waals surface area contributed by atoms with Crippen LogP contribution >= 0.6 is 11.6 Å². The quantitative estimate of drug-likeness (QED) is 0.622. The van der Waals surface area contributed by atoms with Crippen LogP contribution < -0.4 is 0 Å². The van der Waals surface area contributed by atoms with E-state index in [-0.39, 0.29) is 0 Å². The zero-order valence-electron chi connectivity index (χ0n) is 10.4. The fraction of sp³-hybridized carbons (Fsp3) is 0.125.